The van der Waals surface area contributed by atoms with E-state index in [1.54, 1.807) is 30.3 Å². The summed E-state index contributed by atoms with van der Waals surface area (Å²) in [4.78, 5) is 42.0. The Labute approximate surface area is 169 Å². The minimum absolute atomic E-state index is 0.105. The molecule has 0 spiro atoms. The van der Waals surface area contributed by atoms with E-state index in [2.05, 4.69) is 15.6 Å². The summed E-state index contributed by atoms with van der Waals surface area (Å²) in [6, 6.07) is 10.6. The summed E-state index contributed by atoms with van der Waals surface area (Å²) < 4.78 is 0. The zero-order valence-corrected chi connectivity index (χ0v) is 16.5. The van der Waals surface area contributed by atoms with Crippen molar-refractivity contribution in [3.63, 3.8) is 0 Å². The maximum atomic E-state index is 12.4. The fraction of sp³-hybridized carbons (Fsp3) is 0.200. The van der Waals surface area contributed by atoms with Crippen molar-refractivity contribution in [2.24, 2.45) is 0 Å². The number of nitrogens with zero attached hydrogens (tertiary/aromatic N) is 1. The van der Waals surface area contributed by atoms with Crippen LogP contribution in [0.4, 0.5) is 5.13 Å². The first-order valence-corrected chi connectivity index (χ1v) is 10.5. The Hall–Kier alpha value is -2.84. The molecular weight excluding hydrogens is 394 g/mol. The number of rotatable bonds is 5. The Morgan fingerprint density at radius 2 is 1.89 bits per heavy atom. The van der Waals surface area contributed by atoms with E-state index in [4.69, 9.17) is 0 Å². The highest BCUT2D eigenvalue weighted by atomic mass is 32.1. The van der Waals surface area contributed by atoms with Crippen molar-refractivity contribution in [2.75, 3.05) is 5.32 Å². The van der Waals surface area contributed by atoms with E-state index < -0.39 is 0 Å². The van der Waals surface area contributed by atoms with Crippen LogP contribution >= 0.6 is 22.7 Å². The van der Waals surface area contributed by atoms with Crippen LogP contribution in [0.2, 0.25) is 0 Å². The molecule has 1 aliphatic carbocycles. The van der Waals surface area contributed by atoms with Crippen LogP contribution in [0, 0.1) is 0 Å². The van der Waals surface area contributed by atoms with Crippen molar-refractivity contribution in [3.8, 4) is 0 Å². The fourth-order valence-electron chi connectivity index (χ4n) is 2.94. The molecule has 142 valence electrons. The lowest BCUT2D eigenvalue weighted by atomic mass is 10.0. The minimum atomic E-state index is -0.271. The average Bonchev–Trinajstić information content (AvgIpc) is 3.37. The number of aryl methyl sites for hydroxylation is 1. The molecule has 2 amide bonds. The molecule has 0 radical (unpaired) electrons. The summed E-state index contributed by atoms with van der Waals surface area (Å²) in [7, 11) is 0. The molecule has 0 fully saturated rings. The second-order valence-corrected chi connectivity index (χ2v) is 8.33. The topological polar surface area (TPSA) is 88.2 Å². The smallest absolute Gasteiger partial charge is 0.261 e. The number of Topliss-reactive ketones (excluding diaryl/α,β-unsaturated/α-hetero) is 1. The van der Waals surface area contributed by atoms with Crippen LogP contribution in [-0.2, 0) is 13.0 Å². The predicted octanol–water partition coefficient (Wildman–Crippen LogP) is 3.91. The van der Waals surface area contributed by atoms with Gasteiger partial charge in [0.25, 0.3) is 11.8 Å². The highest BCUT2D eigenvalue weighted by Crippen LogP contribution is 2.29. The van der Waals surface area contributed by atoms with Gasteiger partial charge in [-0.15, -0.1) is 11.3 Å². The Bertz CT molecular complexity index is 1020. The van der Waals surface area contributed by atoms with Gasteiger partial charge in [0.05, 0.1) is 15.4 Å². The van der Waals surface area contributed by atoms with E-state index in [1.165, 1.54) is 22.7 Å². The first kappa shape index (κ1) is 18.5. The Balaban J connectivity index is 1.36. The third-order valence-electron chi connectivity index (χ3n) is 4.40. The lowest BCUT2D eigenvalue weighted by molar-refractivity contribution is 0.0951. The highest BCUT2D eigenvalue weighted by Gasteiger charge is 2.23. The lowest BCUT2D eigenvalue weighted by Crippen LogP contribution is -2.21. The number of anilines is 1. The van der Waals surface area contributed by atoms with Crippen LogP contribution in [0.25, 0.3) is 0 Å². The molecule has 3 aromatic rings. The van der Waals surface area contributed by atoms with Crippen LogP contribution in [0.15, 0.2) is 41.8 Å². The van der Waals surface area contributed by atoms with Gasteiger partial charge in [-0.05, 0) is 42.0 Å². The van der Waals surface area contributed by atoms with Gasteiger partial charge in [0.2, 0.25) is 0 Å². The molecule has 1 aromatic carbocycles. The van der Waals surface area contributed by atoms with E-state index in [9.17, 15) is 14.4 Å². The molecule has 2 aromatic heterocycles. The first-order chi connectivity index (χ1) is 13.6. The van der Waals surface area contributed by atoms with Gasteiger partial charge in [0, 0.05) is 18.5 Å². The number of amides is 2. The highest BCUT2D eigenvalue weighted by molar-refractivity contribution is 7.17. The number of nitrogens with one attached hydrogen (secondary N) is 2. The second-order valence-electron chi connectivity index (χ2n) is 6.38. The van der Waals surface area contributed by atoms with Crippen molar-refractivity contribution in [1.82, 2.24) is 10.3 Å². The maximum absolute atomic E-state index is 12.4. The van der Waals surface area contributed by atoms with Crippen molar-refractivity contribution in [1.29, 1.82) is 0 Å². The van der Waals surface area contributed by atoms with Gasteiger partial charge in [-0.3, -0.25) is 19.7 Å². The Morgan fingerprint density at radius 1 is 1.07 bits per heavy atom. The summed E-state index contributed by atoms with van der Waals surface area (Å²) in [6.45, 7) is 0.389. The molecule has 28 heavy (non-hydrogen) atoms. The van der Waals surface area contributed by atoms with Gasteiger partial charge in [0.1, 0.15) is 0 Å². The second kappa shape index (κ2) is 8.04. The summed E-state index contributed by atoms with van der Waals surface area (Å²) in [6.07, 6.45) is 2.14. The number of benzene rings is 1. The third kappa shape index (κ3) is 4.02. The minimum Gasteiger partial charge on any atom is -0.347 e. The number of hydrogen-bond acceptors (Lipinski definition) is 6. The number of carbonyl (C=O) groups is 3. The molecule has 0 saturated heterocycles. The van der Waals surface area contributed by atoms with E-state index in [1.807, 2.05) is 11.4 Å². The summed E-state index contributed by atoms with van der Waals surface area (Å²) in [5.74, 6) is -0.278. The zero-order valence-electron chi connectivity index (χ0n) is 14.9. The summed E-state index contributed by atoms with van der Waals surface area (Å²) in [5, 5.41) is 7.94. The number of thiazole rings is 1. The molecule has 1 aliphatic rings. The monoisotopic (exact) mass is 411 g/mol. The molecule has 2 heterocycles. The van der Waals surface area contributed by atoms with Crippen LogP contribution in [0.5, 0.6) is 0 Å². The van der Waals surface area contributed by atoms with Crippen molar-refractivity contribution >= 4 is 45.4 Å². The molecule has 0 aliphatic heterocycles. The van der Waals surface area contributed by atoms with Crippen molar-refractivity contribution in [2.45, 2.75) is 25.8 Å². The predicted molar refractivity (Wildman–Crippen MR) is 109 cm³/mol. The van der Waals surface area contributed by atoms with E-state index in [0.29, 0.717) is 33.4 Å². The third-order valence-corrected chi connectivity index (χ3v) is 6.33. The molecule has 0 atom stereocenters. The maximum Gasteiger partial charge on any atom is 0.261 e. The molecular formula is C20H17N3O3S2. The van der Waals surface area contributed by atoms with Gasteiger partial charge >= 0.3 is 0 Å². The molecule has 2 N–H and O–H groups in total. The van der Waals surface area contributed by atoms with Crippen LogP contribution in [0.3, 0.4) is 0 Å². The van der Waals surface area contributed by atoms with Crippen LogP contribution in [0.1, 0.15) is 53.8 Å². The number of fused-ring (bicyclic) bond motifs is 1. The fourth-order valence-corrected chi connectivity index (χ4v) is 4.56. The van der Waals surface area contributed by atoms with E-state index in [0.717, 1.165) is 24.1 Å². The largest absolute Gasteiger partial charge is 0.347 e. The van der Waals surface area contributed by atoms with Gasteiger partial charge in [0.15, 0.2) is 10.9 Å². The van der Waals surface area contributed by atoms with Crippen molar-refractivity contribution in [3.05, 3.63) is 68.4 Å². The number of aromatic nitrogens is 1. The first-order valence-electron chi connectivity index (χ1n) is 8.85. The van der Waals surface area contributed by atoms with Crippen molar-refractivity contribution < 1.29 is 14.4 Å². The molecule has 6 nitrogen and oxygen atoms in total. The summed E-state index contributed by atoms with van der Waals surface area (Å²) in [5.41, 5.74) is 2.18. The van der Waals surface area contributed by atoms with Gasteiger partial charge < -0.3 is 5.32 Å². The molecule has 8 heteroatoms. The Morgan fingerprint density at radius 3 is 2.61 bits per heavy atom. The van der Waals surface area contributed by atoms with Gasteiger partial charge in [-0.25, -0.2) is 4.98 Å². The quantitative estimate of drug-likeness (QED) is 0.666. The van der Waals surface area contributed by atoms with E-state index >= 15 is 0 Å². The number of carbonyl (C=O) groups excluding carboxylic acids is 3. The standard InChI is InChI=1S/C20H17N3O3S2/c24-15-4-1-3-14-17(15)28-20(22-14)23-18(25)13-8-6-12(7-9-13)11-21-19(26)16-5-2-10-27-16/h2,5-10H,1,3-4,11H2,(H,21,26)(H,22,23,25). The Kier molecular flexibility index (Phi) is 5.31. The number of ketones is 1. The zero-order chi connectivity index (χ0) is 19.5. The molecule has 0 unspecified atom stereocenters. The molecule has 0 saturated carbocycles. The SMILES string of the molecule is O=C(Nc1nc2c(s1)C(=O)CCC2)c1ccc(CNC(=O)c2cccs2)cc1. The van der Waals surface area contributed by atoms with Gasteiger partial charge in [-0.2, -0.15) is 0 Å². The normalized spacial score (nSPS) is 13.1. The van der Waals surface area contributed by atoms with Gasteiger partial charge in [-0.1, -0.05) is 29.5 Å². The average molecular weight is 412 g/mol. The van der Waals surface area contributed by atoms with Crippen LogP contribution in [-0.4, -0.2) is 22.6 Å². The molecule has 0 bridgehead atoms. The molecule has 4 rings (SSSR count). The van der Waals surface area contributed by atoms with E-state index in [-0.39, 0.29) is 17.6 Å². The lowest BCUT2D eigenvalue weighted by Gasteiger charge is -2.06. The number of hydrogen-bond donors (Lipinski definition) is 2. The number of thiophene rings is 1. The van der Waals surface area contributed by atoms with Crippen LogP contribution < -0.4 is 10.6 Å². The summed E-state index contributed by atoms with van der Waals surface area (Å²) >= 11 is 2.63.